The van der Waals surface area contributed by atoms with E-state index < -0.39 is 0 Å². The highest BCUT2D eigenvalue weighted by Gasteiger charge is 2.14. The van der Waals surface area contributed by atoms with Gasteiger partial charge in [-0.3, -0.25) is 10.1 Å². The summed E-state index contributed by atoms with van der Waals surface area (Å²) >= 11 is 3.23. The van der Waals surface area contributed by atoms with Gasteiger partial charge < -0.3 is 10.3 Å². The van der Waals surface area contributed by atoms with Crippen molar-refractivity contribution in [3.63, 3.8) is 0 Å². The summed E-state index contributed by atoms with van der Waals surface area (Å²) in [6, 6.07) is 5.00. The van der Waals surface area contributed by atoms with Gasteiger partial charge in [-0.15, -0.1) is 0 Å². The summed E-state index contributed by atoms with van der Waals surface area (Å²) in [6.45, 7) is 0.756. The van der Waals surface area contributed by atoms with Gasteiger partial charge in [-0.1, -0.05) is 15.9 Å². The van der Waals surface area contributed by atoms with Gasteiger partial charge in [0.05, 0.1) is 23.5 Å². The fraction of sp³-hybridized carbons (Fsp3) is 0.182. The molecule has 0 aliphatic rings. The van der Waals surface area contributed by atoms with E-state index in [1.807, 2.05) is 0 Å². The molecule has 0 saturated carbocycles. The number of aromatic nitrogens is 2. The number of nitrogens with two attached hydrogens (primary N) is 1. The van der Waals surface area contributed by atoms with Crippen molar-refractivity contribution in [3.8, 4) is 0 Å². The average Bonchev–Trinajstić information content (AvgIpc) is 2.79. The van der Waals surface area contributed by atoms with E-state index in [-0.39, 0.29) is 10.6 Å². The zero-order chi connectivity index (χ0) is 13.1. The van der Waals surface area contributed by atoms with Crippen molar-refractivity contribution in [2.75, 3.05) is 0 Å². The standard InChI is InChI=1S/C11H11BrN4O2/c12-9-2-1-8(11(3-9)16(17)18)5-15-6-10(4-13)14-7-15/h1-3,6-7H,4-5,13H2. The summed E-state index contributed by atoms with van der Waals surface area (Å²) in [5.74, 6) is 0. The quantitative estimate of drug-likeness (QED) is 0.691. The van der Waals surface area contributed by atoms with Crippen LogP contribution in [-0.2, 0) is 13.1 Å². The molecule has 0 aliphatic carbocycles. The number of benzene rings is 1. The van der Waals surface area contributed by atoms with Crippen molar-refractivity contribution < 1.29 is 4.92 Å². The van der Waals surface area contributed by atoms with Gasteiger partial charge in [-0.2, -0.15) is 0 Å². The van der Waals surface area contributed by atoms with Crippen LogP contribution >= 0.6 is 15.9 Å². The molecule has 1 heterocycles. The number of imidazole rings is 1. The van der Waals surface area contributed by atoms with E-state index in [1.54, 1.807) is 29.2 Å². The zero-order valence-electron chi connectivity index (χ0n) is 9.41. The number of nitro benzene ring substituents is 1. The van der Waals surface area contributed by atoms with Crippen LogP contribution in [0, 0.1) is 10.1 Å². The molecule has 2 N–H and O–H groups in total. The monoisotopic (exact) mass is 310 g/mol. The normalized spacial score (nSPS) is 10.6. The summed E-state index contributed by atoms with van der Waals surface area (Å²) in [5, 5.41) is 11.0. The van der Waals surface area contributed by atoms with Gasteiger partial charge in [0.25, 0.3) is 5.69 Å². The van der Waals surface area contributed by atoms with Gasteiger partial charge in [-0.25, -0.2) is 4.98 Å². The van der Waals surface area contributed by atoms with Crippen LogP contribution < -0.4 is 5.73 Å². The van der Waals surface area contributed by atoms with E-state index in [0.29, 0.717) is 23.1 Å². The van der Waals surface area contributed by atoms with Gasteiger partial charge in [0.1, 0.15) is 0 Å². The molecule has 7 heteroatoms. The topological polar surface area (TPSA) is 87.0 Å². The van der Waals surface area contributed by atoms with Crippen LogP contribution in [0.15, 0.2) is 35.2 Å². The van der Waals surface area contributed by atoms with Crippen LogP contribution in [0.5, 0.6) is 0 Å². The Bertz CT molecular complexity index is 582. The molecule has 1 aromatic heterocycles. The summed E-state index contributed by atoms with van der Waals surface area (Å²) in [4.78, 5) is 14.7. The summed E-state index contributed by atoms with van der Waals surface area (Å²) < 4.78 is 2.46. The zero-order valence-corrected chi connectivity index (χ0v) is 11.0. The molecular formula is C11H11BrN4O2. The molecule has 0 bridgehead atoms. The Balaban J connectivity index is 2.30. The highest BCUT2D eigenvalue weighted by atomic mass is 79.9. The number of nitro groups is 1. The average molecular weight is 311 g/mol. The van der Waals surface area contributed by atoms with Crippen LogP contribution in [0.2, 0.25) is 0 Å². The lowest BCUT2D eigenvalue weighted by Gasteiger charge is -2.04. The number of halogens is 1. The van der Waals surface area contributed by atoms with Crippen molar-refractivity contribution in [1.29, 1.82) is 0 Å². The number of hydrogen-bond donors (Lipinski definition) is 1. The molecule has 1 aromatic carbocycles. The molecule has 0 unspecified atom stereocenters. The first-order valence-electron chi connectivity index (χ1n) is 5.23. The first-order chi connectivity index (χ1) is 8.60. The lowest BCUT2D eigenvalue weighted by atomic mass is 10.2. The minimum absolute atomic E-state index is 0.0902. The van der Waals surface area contributed by atoms with Crippen molar-refractivity contribution in [1.82, 2.24) is 9.55 Å². The predicted molar refractivity (Wildman–Crippen MR) is 70.0 cm³/mol. The van der Waals surface area contributed by atoms with Crippen LogP contribution in [0.4, 0.5) is 5.69 Å². The molecule has 0 radical (unpaired) electrons. The second-order valence-corrected chi connectivity index (χ2v) is 4.69. The second kappa shape index (κ2) is 5.28. The fourth-order valence-electron chi connectivity index (χ4n) is 1.64. The lowest BCUT2D eigenvalue weighted by Crippen LogP contribution is -2.01. The number of nitrogens with zero attached hydrogens (tertiary/aromatic N) is 3. The van der Waals surface area contributed by atoms with E-state index in [2.05, 4.69) is 20.9 Å². The second-order valence-electron chi connectivity index (χ2n) is 3.77. The van der Waals surface area contributed by atoms with Crippen molar-refractivity contribution in [2.24, 2.45) is 5.73 Å². The maximum absolute atomic E-state index is 11.0. The molecule has 0 atom stereocenters. The molecule has 0 saturated heterocycles. The van der Waals surface area contributed by atoms with Crippen LogP contribution in [0.25, 0.3) is 0 Å². The minimum atomic E-state index is -0.388. The first-order valence-corrected chi connectivity index (χ1v) is 6.03. The van der Waals surface area contributed by atoms with Gasteiger partial charge in [-0.05, 0) is 12.1 Å². The summed E-state index contributed by atoms with van der Waals surface area (Å²) in [6.07, 6.45) is 3.40. The molecule has 2 aromatic rings. The van der Waals surface area contributed by atoms with Gasteiger partial charge in [0.15, 0.2) is 0 Å². The Morgan fingerprint density at radius 3 is 2.89 bits per heavy atom. The Hall–Kier alpha value is -1.73. The van der Waals surface area contributed by atoms with Crippen LogP contribution in [0.1, 0.15) is 11.3 Å². The molecule has 6 nitrogen and oxygen atoms in total. The maximum Gasteiger partial charge on any atom is 0.275 e. The number of rotatable bonds is 4. The smallest absolute Gasteiger partial charge is 0.275 e. The van der Waals surface area contributed by atoms with Gasteiger partial charge in [0, 0.05) is 28.8 Å². The molecule has 0 aliphatic heterocycles. The first kappa shape index (κ1) is 12.7. The van der Waals surface area contributed by atoms with Gasteiger partial charge >= 0.3 is 0 Å². The largest absolute Gasteiger partial charge is 0.332 e. The van der Waals surface area contributed by atoms with Crippen LogP contribution in [-0.4, -0.2) is 14.5 Å². The maximum atomic E-state index is 11.0. The molecule has 0 fully saturated rings. The molecular weight excluding hydrogens is 300 g/mol. The Morgan fingerprint density at radius 2 is 2.28 bits per heavy atom. The Labute approximate surface area is 112 Å². The van der Waals surface area contributed by atoms with E-state index in [9.17, 15) is 10.1 Å². The predicted octanol–water partition coefficient (Wildman–Crippen LogP) is 2.06. The third-order valence-corrected chi connectivity index (χ3v) is 2.99. The summed E-state index contributed by atoms with van der Waals surface area (Å²) in [7, 11) is 0. The molecule has 0 spiro atoms. The molecule has 94 valence electrons. The van der Waals surface area contributed by atoms with Crippen molar-refractivity contribution >= 4 is 21.6 Å². The van der Waals surface area contributed by atoms with Gasteiger partial charge in [0.2, 0.25) is 0 Å². The fourth-order valence-corrected chi connectivity index (χ4v) is 1.98. The van der Waals surface area contributed by atoms with Crippen LogP contribution in [0.3, 0.4) is 0 Å². The van der Waals surface area contributed by atoms with E-state index >= 15 is 0 Å². The SMILES string of the molecule is NCc1cn(Cc2ccc(Br)cc2[N+](=O)[O-])cn1. The molecule has 18 heavy (non-hydrogen) atoms. The van der Waals surface area contributed by atoms with E-state index in [1.165, 1.54) is 6.07 Å². The number of hydrogen-bond acceptors (Lipinski definition) is 4. The highest BCUT2D eigenvalue weighted by Crippen LogP contribution is 2.24. The Kier molecular flexibility index (Phi) is 3.73. The Morgan fingerprint density at radius 1 is 1.50 bits per heavy atom. The third kappa shape index (κ3) is 2.74. The van der Waals surface area contributed by atoms with Crippen molar-refractivity contribution in [2.45, 2.75) is 13.1 Å². The third-order valence-electron chi connectivity index (χ3n) is 2.49. The lowest BCUT2D eigenvalue weighted by molar-refractivity contribution is -0.385. The summed E-state index contributed by atoms with van der Waals surface area (Å²) in [5.41, 5.74) is 6.94. The molecule has 2 rings (SSSR count). The van der Waals surface area contributed by atoms with E-state index in [4.69, 9.17) is 5.73 Å². The van der Waals surface area contributed by atoms with E-state index in [0.717, 1.165) is 5.69 Å². The minimum Gasteiger partial charge on any atom is -0.332 e. The molecule has 0 amide bonds. The van der Waals surface area contributed by atoms with Crippen molar-refractivity contribution in [3.05, 3.63) is 56.6 Å². The highest BCUT2D eigenvalue weighted by molar-refractivity contribution is 9.10.